The maximum atomic E-state index is 13.1. The van der Waals surface area contributed by atoms with Gasteiger partial charge < -0.3 is 33.8 Å². The topological polar surface area (TPSA) is 237 Å². The van der Waals surface area contributed by atoms with Gasteiger partial charge in [-0.2, -0.15) is 0 Å². The van der Waals surface area contributed by atoms with E-state index in [1.54, 1.807) is 0 Å². The van der Waals surface area contributed by atoms with Crippen molar-refractivity contribution >= 4 is 39.5 Å². The molecule has 0 radical (unpaired) electrons. The molecule has 578 valence electrons. The molecule has 5 atom stereocenters. The molecule has 0 saturated heterocycles. The molecule has 17 nitrogen and oxygen atoms in total. The average molecular weight is 1430 g/mol. The van der Waals surface area contributed by atoms with Crippen LogP contribution in [-0.2, 0) is 65.4 Å². The van der Waals surface area contributed by atoms with Gasteiger partial charge in [0, 0.05) is 25.7 Å². The van der Waals surface area contributed by atoms with Crippen LogP contribution >= 0.6 is 15.6 Å². The summed E-state index contributed by atoms with van der Waals surface area (Å²) >= 11 is 0. The molecule has 98 heavy (non-hydrogen) atoms. The van der Waals surface area contributed by atoms with E-state index in [4.69, 9.17) is 37.0 Å². The summed E-state index contributed by atoms with van der Waals surface area (Å²) in [6.45, 7) is 7.26. The minimum Gasteiger partial charge on any atom is -0.462 e. The van der Waals surface area contributed by atoms with Crippen molar-refractivity contribution in [2.24, 2.45) is 5.92 Å². The van der Waals surface area contributed by atoms with Gasteiger partial charge >= 0.3 is 39.5 Å². The minimum absolute atomic E-state index is 0.102. The van der Waals surface area contributed by atoms with Gasteiger partial charge in [-0.3, -0.25) is 37.3 Å². The van der Waals surface area contributed by atoms with Crippen LogP contribution in [0, 0.1) is 5.92 Å². The number of aliphatic hydroxyl groups excluding tert-OH is 1. The summed E-state index contributed by atoms with van der Waals surface area (Å²) in [6, 6.07) is 0. The first-order chi connectivity index (χ1) is 47.5. The highest BCUT2D eigenvalue weighted by atomic mass is 31.2. The van der Waals surface area contributed by atoms with Crippen molar-refractivity contribution in [3.8, 4) is 0 Å². The van der Waals surface area contributed by atoms with Gasteiger partial charge in [0.05, 0.1) is 26.4 Å². The molecule has 0 aromatic rings. The highest BCUT2D eigenvalue weighted by Crippen LogP contribution is 2.45. The third kappa shape index (κ3) is 71.9. The standard InChI is InChI=1S/C79H150O17P2/c1-6-9-12-15-18-21-24-27-29-31-33-39-44-49-54-59-64-78(83)95-75(69-90-77(82)63-58-53-48-43-38-32-30-28-25-22-19-16-13-10-7-2)71-94-98(87,88)92-67-73(80)66-91-97(85,86)93-70-74(68-89-76(81)62-57-52-47-42-37-26-23-20-17-14-11-8-3)96-79(84)65-60-55-50-45-40-35-34-36-41-46-51-56-61-72(4)5/h22,25,28,30,72-75,80H,6-21,23-24,26-27,29,31-71H2,1-5H3,(H,85,86)(H,87,88)/b25-22-,30-28-/t73-,74+,75+/m0/s1. The fourth-order valence-corrected chi connectivity index (χ4v) is 13.3. The van der Waals surface area contributed by atoms with Crippen molar-refractivity contribution in [2.45, 2.75) is 412 Å². The highest BCUT2D eigenvalue weighted by molar-refractivity contribution is 7.47. The zero-order valence-electron chi connectivity index (χ0n) is 63.4. The van der Waals surface area contributed by atoms with Crippen LogP contribution in [0.3, 0.4) is 0 Å². The molecule has 3 N–H and O–H groups in total. The van der Waals surface area contributed by atoms with Crippen LogP contribution in [-0.4, -0.2) is 96.7 Å². The molecule has 0 saturated carbocycles. The number of ether oxygens (including phenoxy) is 4. The van der Waals surface area contributed by atoms with Gasteiger partial charge in [0.1, 0.15) is 19.3 Å². The van der Waals surface area contributed by atoms with Gasteiger partial charge in [0.15, 0.2) is 12.2 Å². The van der Waals surface area contributed by atoms with Crippen molar-refractivity contribution in [1.82, 2.24) is 0 Å². The lowest BCUT2D eigenvalue weighted by Crippen LogP contribution is -2.30. The SMILES string of the molecule is CCCCCC/C=C\C=C/CCCCCCCC(=O)OC[C@H](COP(=O)(O)OC[C@@H](O)COP(=O)(O)OC[C@@H](COC(=O)CCCCCCCCCCCCCC)OC(=O)CCCCCCCCCCCCCCC(C)C)OC(=O)CCCCCCCCCCCCCCCCCC. The summed E-state index contributed by atoms with van der Waals surface area (Å²) in [5, 5.41) is 10.6. The van der Waals surface area contributed by atoms with Gasteiger partial charge in [0.25, 0.3) is 0 Å². The number of unbranched alkanes of at least 4 members (excludes halogenated alkanes) is 46. The first kappa shape index (κ1) is 95.5. The average Bonchev–Trinajstić information content (AvgIpc) is 1.02. The number of hydrogen-bond donors (Lipinski definition) is 3. The first-order valence-electron chi connectivity index (χ1n) is 40.5. The number of phosphoric ester groups is 2. The molecule has 0 aliphatic heterocycles. The Hall–Kier alpha value is -2.46. The van der Waals surface area contributed by atoms with Crippen LogP contribution < -0.4 is 0 Å². The lowest BCUT2D eigenvalue weighted by Gasteiger charge is -2.21. The van der Waals surface area contributed by atoms with Crippen molar-refractivity contribution in [2.75, 3.05) is 39.6 Å². The molecule has 0 spiro atoms. The second-order valence-corrected chi connectivity index (χ2v) is 31.2. The summed E-state index contributed by atoms with van der Waals surface area (Å²) in [5.41, 5.74) is 0. The fourth-order valence-electron chi connectivity index (χ4n) is 11.7. The van der Waals surface area contributed by atoms with Gasteiger partial charge in [-0.25, -0.2) is 9.13 Å². The van der Waals surface area contributed by atoms with E-state index in [0.717, 1.165) is 115 Å². The number of hydrogen-bond acceptors (Lipinski definition) is 15. The number of rotatable bonds is 77. The Morgan fingerprint density at radius 2 is 0.551 bits per heavy atom. The van der Waals surface area contributed by atoms with Gasteiger partial charge in [-0.1, -0.05) is 341 Å². The van der Waals surface area contributed by atoms with Crippen LogP contribution in [0.1, 0.15) is 394 Å². The summed E-state index contributed by atoms with van der Waals surface area (Å²) in [4.78, 5) is 73.0. The maximum absolute atomic E-state index is 13.1. The molecule has 0 aromatic carbocycles. The van der Waals surface area contributed by atoms with Gasteiger partial charge in [0.2, 0.25) is 0 Å². The number of carbonyl (C=O) groups excluding carboxylic acids is 4. The quantitative estimate of drug-likeness (QED) is 0.0169. The lowest BCUT2D eigenvalue weighted by atomic mass is 10.0. The van der Waals surface area contributed by atoms with Crippen molar-refractivity contribution < 1.29 is 80.2 Å². The second kappa shape index (κ2) is 71.5. The molecule has 0 heterocycles. The van der Waals surface area contributed by atoms with E-state index < -0.39 is 97.5 Å². The smallest absolute Gasteiger partial charge is 0.462 e. The first-order valence-corrected chi connectivity index (χ1v) is 43.4. The Morgan fingerprint density at radius 3 is 0.837 bits per heavy atom. The Balaban J connectivity index is 5.30. The zero-order chi connectivity index (χ0) is 71.9. The van der Waals surface area contributed by atoms with Crippen LogP contribution in [0.5, 0.6) is 0 Å². The van der Waals surface area contributed by atoms with E-state index in [1.807, 2.05) is 0 Å². The molecule has 19 heteroatoms. The third-order valence-corrected chi connectivity index (χ3v) is 19.8. The lowest BCUT2D eigenvalue weighted by molar-refractivity contribution is -0.161. The van der Waals surface area contributed by atoms with E-state index in [-0.39, 0.29) is 25.7 Å². The Bertz CT molecular complexity index is 1970. The van der Waals surface area contributed by atoms with E-state index in [2.05, 4.69) is 58.9 Å². The Kier molecular flexibility index (Phi) is 69.7. The Labute approximate surface area is 599 Å². The van der Waals surface area contributed by atoms with Crippen LogP contribution in [0.2, 0.25) is 0 Å². The number of carbonyl (C=O) groups is 4. The monoisotopic (exact) mass is 1430 g/mol. The molecule has 0 amide bonds. The molecular formula is C79H150O17P2. The van der Waals surface area contributed by atoms with E-state index in [9.17, 15) is 43.2 Å². The van der Waals surface area contributed by atoms with Crippen LogP contribution in [0.4, 0.5) is 0 Å². The van der Waals surface area contributed by atoms with Gasteiger partial charge in [-0.15, -0.1) is 0 Å². The number of esters is 4. The second-order valence-electron chi connectivity index (χ2n) is 28.2. The number of allylic oxidation sites excluding steroid dienone is 4. The van der Waals surface area contributed by atoms with Crippen molar-refractivity contribution in [3.05, 3.63) is 24.3 Å². The van der Waals surface area contributed by atoms with Gasteiger partial charge in [-0.05, 0) is 57.3 Å². The molecule has 0 fully saturated rings. The number of phosphoric acid groups is 2. The molecule has 0 aromatic heterocycles. The third-order valence-electron chi connectivity index (χ3n) is 17.9. The predicted octanol–water partition coefficient (Wildman–Crippen LogP) is 23.2. The highest BCUT2D eigenvalue weighted by Gasteiger charge is 2.30. The molecule has 0 bridgehead atoms. The largest absolute Gasteiger partial charge is 0.472 e. The summed E-state index contributed by atoms with van der Waals surface area (Å²) < 4.78 is 68.6. The molecule has 0 aliphatic rings. The van der Waals surface area contributed by atoms with E-state index >= 15 is 0 Å². The number of aliphatic hydroxyl groups is 1. The Morgan fingerprint density at radius 1 is 0.316 bits per heavy atom. The van der Waals surface area contributed by atoms with E-state index in [0.29, 0.717) is 25.7 Å². The minimum atomic E-state index is -4.97. The normalized spacial score (nSPS) is 14.1. The molecule has 2 unspecified atom stereocenters. The fraction of sp³-hybridized carbons (Fsp3) is 0.899. The molecular weight excluding hydrogens is 1280 g/mol. The summed E-state index contributed by atoms with van der Waals surface area (Å²) in [7, 11) is -9.93. The summed E-state index contributed by atoms with van der Waals surface area (Å²) in [5.74, 6) is -1.36. The predicted molar refractivity (Wildman–Crippen MR) is 400 cm³/mol. The maximum Gasteiger partial charge on any atom is 0.472 e. The van der Waals surface area contributed by atoms with Crippen LogP contribution in [0.25, 0.3) is 0 Å². The summed E-state index contributed by atoms with van der Waals surface area (Å²) in [6.07, 6.45) is 64.4. The van der Waals surface area contributed by atoms with E-state index in [1.165, 1.54) is 199 Å². The molecule has 0 rings (SSSR count). The van der Waals surface area contributed by atoms with Crippen molar-refractivity contribution in [1.29, 1.82) is 0 Å². The zero-order valence-corrected chi connectivity index (χ0v) is 65.2. The van der Waals surface area contributed by atoms with Crippen LogP contribution in [0.15, 0.2) is 24.3 Å². The van der Waals surface area contributed by atoms with Crippen molar-refractivity contribution in [3.63, 3.8) is 0 Å². The molecule has 0 aliphatic carbocycles.